The van der Waals surface area contributed by atoms with E-state index < -0.39 is 48.4 Å². The minimum absolute atomic E-state index is 0.387. The molecule has 0 fully saturated rings. The monoisotopic (exact) mass is 286 g/mol. The predicted molar refractivity (Wildman–Crippen MR) is 55.1 cm³/mol. The van der Waals surface area contributed by atoms with E-state index >= 15 is 0 Å². The molecule has 0 rings (SSSR count). The number of hydrogen-bond acceptors (Lipinski definition) is 4. The SMILES string of the molecule is CC(N)(C(=O)N[C@@H](CCC(=O)O)C(=O)O)C(F)(F)F. The van der Waals surface area contributed by atoms with Crippen molar-refractivity contribution < 1.29 is 37.8 Å². The molecule has 110 valence electrons. The van der Waals surface area contributed by atoms with E-state index in [0.717, 1.165) is 0 Å². The molecule has 0 saturated carbocycles. The Morgan fingerprint density at radius 2 is 1.74 bits per heavy atom. The maximum Gasteiger partial charge on any atom is 0.415 e. The van der Waals surface area contributed by atoms with Gasteiger partial charge in [0.15, 0.2) is 5.54 Å². The summed E-state index contributed by atoms with van der Waals surface area (Å²) in [6.45, 7) is 0.387. The normalized spacial score (nSPS) is 16.3. The first-order valence-corrected chi connectivity index (χ1v) is 5.00. The Morgan fingerprint density at radius 1 is 1.26 bits per heavy atom. The molecular weight excluding hydrogens is 273 g/mol. The van der Waals surface area contributed by atoms with Gasteiger partial charge in [-0.15, -0.1) is 0 Å². The quantitative estimate of drug-likeness (QED) is 0.530. The first-order valence-electron chi connectivity index (χ1n) is 5.00. The second-order valence-electron chi connectivity index (χ2n) is 4.00. The standard InChI is InChI=1S/C9H13F3N2O5/c1-8(13,9(10,11)12)7(19)14-4(6(17)18)2-3-5(15)16/h4H,2-3,13H2,1H3,(H,14,19)(H,15,16)(H,17,18)/t4-,8?/m0/s1. The third-order valence-corrected chi connectivity index (χ3v) is 2.31. The molecule has 7 nitrogen and oxygen atoms in total. The van der Waals surface area contributed by atoms with Gasteiger partial charge in [0, 0.05) is 6.42 Å². The van der Waals surface area contributed by atoms with E-state index in [4.69, 9.17) is 15.9 Å². The number of amides is 1. The summed E-state index contributed by atoms with van der Waals surface area (Å²) in [7, 11) is 0. The Morgan fingerprint density at radius 3 is 2.05 bits per heavy atom. The molecule has 0 bridgehead atoms. The van der Waals surface area contributed by atoms with Gasteiger partial charge < -0.3 is 21.3 Å². The van der Waals surface area contributed by atoms with Crippen molar-refractivity contribution in [3.05, 3.63) is 0 Å². The molecule has 1 amide bonds. The van der Waals surface area contributed by atoms with Crippen LogP contribution in [0, 0.1) is 0 Å². The minimum atomic E-state index is -5.06. The Bertz CT molecular complexity index is 381. The van der Waals surface area contributed by atoms with E-state index in [-0.39, 0.29) is 0 Å². The maximum atomic E-state index is 12.4. The van der Waals surface area contributed by atoms with Gasteiger partial charge in [-0.2, -0.15) is 13.2 Å². The molecule has 0 aromatic rings. The van der Waals surface area contributed by atoms with Crippen LogP contribution in [0.4, 0.5) is 13.2 Å². The largest absolute Gasteiger partial charge is 0.481 e. The Balaban J connectivity index is 4.82. The van der Waals surface area contributed by atoms with Crippen molar-refractivity contribution in [1.82, 2.24) is 5.32 Å². The molecule has 0 aromatic carbocycles. The highest BCUT2D eigenvalue weighted by Gasteiger charge is 2.54. The third-order valence-electron chi connectivity index (χ3n) is 2.31. The summed E-state index contributed by atoms with van der Waals surface area (Å²) in [6.07, 6.45) is -6.23. The molecule has 0 aliphatic rings. The second-order valence-corrected chi connectivity index (χ2v) is 4.00. The lowest BCUT2D eigenvalue weighted by Crippen LogP contribution is -2.63. The van der Waals surface area contributed by atoms with Crippen molar-refractivity contribution in [2.75, 3.05) is 0 Å². The lowest BCUT2D eigenvalue weighted by molar-refractivity contribution is -0.188. The summed E-state index contributed by atoms with van der Waals surface area (Å²) < 4.78 is 37.3. The van der Waals surface area contributed by atoms with E-state index in [2.05, 4.69) is 0 Å². The van der Waals surface area contributed by atoms with Crippen LogP contribution >= 0.6 is 0 Å². The molecule has 0 radical (unpaired) electrons. The molecule has 0 aromatic heterocycles. The lowest BCUT2D eigenvalue weighted by atomic mass is 10.0. The van der Waals surface area contributed by atoms with Gasteiger partial charge in [-0.05, 0) is 13.3 Å². The molecule has 0 aliphatic heterocycles. The second kappa shape index (κ2) is 5.87. The van der Waals surface area contributed by atoms with Crippen molar-refractivity contribution in [2.24, 2.45) is 5.73 Å². The average molecular weight is 286 g/mol. The van der Waals surface area contributed by atoms with Gasteiger partial charge in [-0.1, -0.05) is 0 Å². The zero-order chi connectivity index (χ0) is 15.4. The van der Waals surface area contributed by atoms with E-state index in [9.17, 15) is 27.6 Å². The molecule has 10 heteroatoms. The maximum absolute atomic E-state index is 12.4. The summed E-state index contributed by atoms with van der Waals surface area (Å²) in [5.41, 5.74) is 1.54. The number of nitrogens with two attached hydrogens (primary N) is 1. The number of nitrogens with one attached hydrogen (secondary N) is 1. The highest BCUT2D eigenvalue weighted by molar-refractivity contribution is 5.90. The fourth-order valence-electron chi connectivity index (χ4n) is 0.962. The lowest BCUT2D eigenvalue weighted by Gasteiger charge is -2.27. The van der Waals surface area contributed by atoms with E-state index in [0.29, 0.717) is 6.92 Å². The van der Waals surface area contributed by atoms with Crippen molar-refractivity contribution in [2.45, 2.75) is 37.5 Å². The van der Waals surface area contributed by atoms with Crippen LogP contribution < -0.4 is 11.1 Å². The van der Waals surface area contributed by atoms with Gasteiger partial charge >= 0.3 is 18.1 Å². The average Bonchev–Trinajstić information content (AvgIpc) is 2.21. The summed E-state index contributed by atoms with van der Waals surface area (Å²) in [6, 6.07) is -1.76. The first-order chi connectivity index (χ1) is 8.39. The van der Waals surface area contributed by atoms with Gasteiger partial charge in [0.1, 0.15) is 6.04 Å². The predicted octanol–water partition coefficient (Wildman–Crippen LogP) is -0.300. The van der Waals surface area contributed by atoms with Crippen LogP contribution in [0.15, 0.2) is 0 Å². The van der Waals surface area contributed by atoms with E-state index in [1.165, 1.54) is 0 Å². The molecule has 0 spiro atoms. The highest BCUT2D eigenvalue weighted by Crippen LogP contribution is 2.28. The fraction of sp³-hybridized carbons (Fsp3) is 0.667. The van der Waals surface area contributed by atoms with Crippen molar-refractivity contribution in [3.63, 3.8) is 0 Å². The number of carbonyl (C=O) groups is 3. The Hall–Kier alpha value is -1.84. The smallest absolute Gasteiger partial charge is 0.415 e. The molecule has 1 unspecified atom stereocenters. The number of halogens is 3. The van der Waals surface area contributed by atoms with Gasteiger partial charge in [0.05, 0.1) is 0 Å². The first kappa shape index (κ1) is 17.2. The Labute approximate surface area is 105 Å². The summed E-state index contributed by atoms with van der Waals surface area (Å²) in [4.78, 5) is 32.3. The molecular formula is C9H13F3N2O5. The molecule has 19 heavy (non-hydrogen) atoms. The number of rotatable bonds is 6. The summed E-state index contributed by atoms with van der Waals surface area (Å²) >= 11 is 0. The number of hydrogen-bond donors (Lipinski definition) is 4. The van der Waals surface area contributed by atoms with E-state index in [1.54, 1.807) is 5.32 Å². The topological polar surface area (TPSA) is 130 Å². The van der Waals surface area contributed by atoms with Gasteiger partial charge in [-0.3, -0.25) is 9.59 Å². The van der Waals surface area contributed by atoms with Crippen molar-refractivity contribution in [1.29, 1.82) is 0 Å². The summed E-state index contributed by atoms with van der Waals surface area (Å²) in [5.74, 6) is -4.72. The zero-order valence-corrected chi connectivity index (χ0v) is 9.82. The van der Waals surface area contributed by atoms with Crippen LogP contribution in [0.2, 0.25) is 0 Å². The zero-order valence-electron chi connectivity index (χ0n) is 9.82. The molecule has 0 heterocycles. The van der Waals surface area contributed by atoms with Crippen LogP contribution in [0.3, 0.4) is 0 Å². The third kappa shape index (κ3) is 4.73. The number of aliphatic carboxylic acids is 2. The highest BCUT2D eigenvalue weighted by atomic mass is 19.4. The number of carbonyl (C=O) groups excluding carboxylic acids is 1. The van der Waals surface area contributed by atoms with E-state index in [1.807, 2.05) is 0 Å². The number of carboxylic acid groups (broad SMARTS) is 2. The van der Waals surface area contributed by atoms with Gasteiger partial charge in [-0.25, -0.2) is 4.79 Å². The summed E-state index contributed by atoms with van der Waals surface area (Å²) in [5, 5.41) is 18.6. The van der Waals surface area contributed by atoms with Crippen LogP contribution in [0.25, 0.3) is 0 Å². The van der Waals surface area contributed by atoms with Crippen LogP contribution in [0.1, 0.15) is 19.8 Å². The van der Waals surface area contributed by atoms with Crippen molar-refractivity contribution >= 4 is 17.8 Å². The molecule has 5 N–H and O–H groups in total. The molecule has 0 aliphatic carbocycles. The fourth-order valence-corrected chi connectivity index (χ4v) is 0.962. The van der Waals surface area contributed by atoms with Crippen LogP contribution in [-0.4, -0.2) is 45.8 Å². The molecule has 0 saturated heterocycles. The molecule has 2 atom stereocenters. The van der Waals surface area contributed by atoms with Gasteiger partial charge in [0.25, 0.3) is 0 Å². The van der Waals surface area contributed by atoms with Gasteiger partial charge in [0.2, 0.25) is 5.91 Å². The minimum Gasteiger partial charge on any atom is -0.481 e. The number of alkyl halides is 3. The van der Waals surface area contributed by atoms with Crippen LogP contribution in [-0.2, 0) is 14.4 Å². The Kier molecular flexibility index (Phi) is 5.30. The van der Waals surface area contributed by atoms with Crippen LogP contribution in [0.5, 0.6) is 0 Å². The van der Waals surface area contributed by atoms with Crippen molar-refractivity contribution in [3.8, 4) is 0 Å². The number of carboxylic acids is 2.